The molecule has 4 rings (SSSR count). The Hall–Kier alpha value is -3.93. The molecule has 3 aromatic carbocycles. The molecule has 1 heterocycles. The molecule has 0 aliphatic heterocycles. The van der Waals surface area contributed by atoms with Crippen molar-refractivity contribution in [2.75, 3.05) is 10.6 Å². The van der Waals surface area contributed by atoms with Crippen LogP contribution in [0.4, 0.5) is 16.2 Å². The standard InChI is InChI=1S/C23H20N4O2/c1-15-14-18(27-16(2)24-21-11-7-6-10-19(21)22(27)28)12-13-20(15)26-23(29)25-17-8-4-3-5-9-17/h3-14H,1-2H3,(H2,25,26,29). The number of nitrogens with zero attached hydrogens (tertiary/aromatic N) is 2. The van der Waals surface area contributed by atoms with E-state index in [1.807, 2.05) is 68.4 Å². The monoisotopic (exact) mass is 384 g/mol. The number of anilines is 2. The van der Waals surface area contributed by atoms with E-state index in [0.29, 0.717) is 33.8 Å². The van der Waals surface area contributed by atoms with Crippen molar-refractivity contribution in [1.82, 2.24) is 9.55 Å². The van der Waals surface area contributed by atoms with Gasteiger partial charge in [-0.25, -0.2) is 9.78 Å². The number of aryl methyl sites for hydroxylation is 2. The Kier molecular flexibility index (Phi) is 4.83. The topological polar surface area (TPSA) is 76.0 Å². The van der Waals surface area contributed by atoms with Crippen LogP contribution in [-0.2, 0) is 0 Å². The highest BCUT2D eigenvalue weighted by molar-refractivity contribution is 6.00. The largest absolute Gasteiger partial charge is 0.323 e. The molecule has 0 radical (unpaired) electrons. The molecule has 6 heteroatoms. The van der Waals surface area contributed by atoms with E-state index in [2.05, 4.69) is 15.6 Å². The fourth-order valence-electron chi connectivity index (χ4n) is 3.28. The van der Waals surface area contributed by atoms with Crippen LogP contribution in [0.5, 0.6) is 0 Å². The molecular formula is C23H20N4O2. The highest BCUT2D eigenvalue weighted by Crippen LogP contribution is 2.20. The SMILES string of the molecule is Cc1cc(-n2c(C)nc3ccccc3c2=O)ccc1NC(=O)Nc1ccccc1. The van der Waals surface area contributed by atoms with Crippen molar-refractivity contribution in [2.45, 2.75) is 13.8 Å². The van der Waals surface area contributed by atoms with Crippen LogP contribution in [0.2, 0.25) is 0 Å². The van der Waals surface area contributed by atoms with Gasteiger partial charge in [-0.15, -0.1) is 0 Å². The Labute approximate surface area is 167 Å². The quantitative estimate of drug-likeness (QED) is 0.540. The molecule has 0 aliphatic carbocycles. The number of urea groups is 1. The molecule has 0 bridgehead atoms. The summed E-state index contributed by atoms with van der Waals surface area (Å²) in [4.78, 5) is 29.8. The Balaban J connectivity index is 1.63. The molecule has 2 N–H and O–H groups in total. The van der Waals surface area contributed by atoms with Gasteiger partial charge in [-0.1, -0.05) is 30.3 Å². The Morgan fingerprint density at radius 3 is 2.38 bits per heavy atom. The first-order valence-corrected chi connectivity index (χ1v) is 9.25. The van der Waals surface area contributed by atoms with Gasteiger partial charge in [0.05, 0.1) is 16.6 Å². The van der Waals surface area contributed by atoms with Crippen molar-refractivity contribution in [3.05, 3.63) is 94.5 Å². The number of carbonyl (C=O) groups excluding carboxylic acids is 1. The molecule has 0 unspecified atom stereocenters. The maximum Gasteiger partial charge on any atom is 0.323 e. The minimum atomic E-state index is -0.326. The molecule has 0 spiro atoms. The summed E-state index contributed by atoms with van der Waals surface area (Å²) in [6.45, 7) is 3.69. The van der Waals surface area contributed by atoms with Gasteiger partial charge in [0, 0.05) is 11.4 Å². The van der Waals surface area contributed by atoms with Crippen molar-refractivity contribution < 1.29 is 4.79 Å². The van der Waals surface area contributed by atoms with Crippen molar-refractivity contribution in [2.24, 2.45) is 0 Å². The maximum absolute atomic E-state index is 13.0. The lowest BCUT2D eigenvalue weighted by atomic mass is 10.1. The van der Waals surface area contributed by atoms with E-state index in [0.717, 1.165) is 5.56 Å². The minimum Gasteiger partial charge on any atom is -0.308 e. The average molecular weight is 384 g/mol. The molecular weight excluding hydrogens is 364 g/mol. The minimum absolute atomic E-state index is 0.116. The molecule has 1 aromatic heterocycles. The van der Waals surface area contributed by atoms with Crippen molar-refractivity contribution in [3.8, 4) is 5.69 Å². The number of hydrogen-bond donors (Lipinski definition) is 2. The third-order valence-electron chi connectivity index (χ3n) is 4.69. The third-order valence-corrected chi connectivity index (χ3v) is 4.69. The summed E-state index contributed by atoms with van der Waals surface area (Å²) in [6, 6.07) is 21.7. The number of hydrogen-bond acceptors (Lipinski definition) is 3. The molecule has 4 aromatic rings. The number of para-hydroxylation sites is 2. The number of carbonyl (C=O) groups is 1. The van der Waals surface area contributed by atoms with Gasteiger partial charge in [-0.05, 0) is 61.9 Å². The summed E-state index contributed by atoms with van der Waals surface area (Å²) in [6.07, 6.45) is 0. The summed E-state index contributed by atoms with van der Waals surface area (Å²) in [5.41, 5.74) is 3.49. The van der Waals surface area contributed by atoms with Crippen molar-refractivity contribution in [1.29, 1.82) is 0 Å². The van der Waals surface area contributed by atoms with Crippen LogP contribution in [0.15, 0.2) is 77.6 Å². The number of nitrogens with one attached hydrogen (secondary N) is 2. The van der Waals surface area contributed by atoms with Gasteiger partial charge in [-0.2, -0.15) is 0 Å². The summed E-state index contributed by atoms with van der Waals surface area (Å²) in [5.74, 6) is 0.607. The number of rotatable bonds is 3. The summed E-state index contributed by atoms with van der Waals surface area (Å²) < 4.78 is 1.59. The van der Waals surface area contributed by atoms with E-state index in [-0.39, 0.29) is 11.6 Å². The molecule has 0 saturated heterocycles. The van der Waals surface area contributed by atoms with Crippen molar-refractivity contribution >= 4 is 28.3 Å². The average Bonchev–Trinajstić information content (AvgIpc) is 2.71. The normalized spacial score (nSPS) is 10.7. The van der Waals surface area contributed by atoms with Crippen LogP contribution in [0, 0.1) is 13.8 Å². The first-order valence-electron chi connectivity index (χ1n) is 9.25. The third kappa shape index (κ3) is 3.73. The molecule has 2 amide bonds. The fraction of sp³-hybridized carbons (Fsp3) is 0.0870. The van der Waals surface area contributed by atoms with Gasteiger partial charge in [-0.3, -0.25) is 9.36 Å². The molecule has 0 fully saturated rings. The molecule has 0 aliphatic rings. The second kappa shape index (κ2) is 7.59. The van der Waals surface area contributed by atoms with Crippen LogP contribution in [0.1, 0.15) is 11.4 Å². The number of amides is 2. The molecule has 0 atom stereocenters. The molecule has 0 saturated carbocycles. The lowest BCUT2D eigenvalue weighted by Gasteiger charge is -2.14. The lowest BCUT2D eigenvalue weighted by molar-refractivity contribution is 0.262. The van der Waals surface area contributed by atoms with Gasteiger partial charge in [0.2, 0.25) is 0 Å². The van der Waals surface area contributed by atoms with E-state index in [1.54, 1.807) is 22.8 Å². The molecule has 29 heavy (non-hydrogen) atoms. The predicted molar refractivity (Wildman–Crippen MR) is 116 cm³/mol. The number of aromatic nitrogens is 2. The van der Waals surface area contributed by atoms with Gasteiger partial charge in [0.15, 0.2) is 0 Å². The smallest absolute Gasteiger partial charge is 0.308 e. The van der Waals surface area contributed by atoms with Crippen LogP contribution in [0.25, 0.3) is 16.6 Å². The summed E-state index contributed by atoms with van der Waals surface area (Å²) >= 11 is 0. The van der Waals surface area contributed by atoms with Crippen LogP contribution < -0.4 is 16.2 Å². The van der Waals surface area contributed by atoms with E-state index >= 15 is 0 Å². The second-order valence-corrected chi connectivity index (χ2v) is 6.76. The Bertz CT molecular complexity index is 1260. The van der Waals surface area contributed by atoms with Gasteiger partial charge in [0.25, 0.3) is 5.56 Å². The first-order chi connectivity index (χ1) is 14.0. The van der Waals surface area contributed by atoms with Crippen molar-refractivity contribution in [3.63, 3.8) is 0 Å². The van der Waals surface area contributed by atoms with Gasteiger partial charge in [0.1, 0.15) is 5.82 Å². The predicted octanol–water partition coefficient (Wildman–Crippen LogP) is 4.65. The lowest BCUT2D eigenvalue weighted by Crippen LogP contribution is -2.23. The first kappa shape index (κ1) is 18.4. The zero-order valence-corrected chi connectivity index (χ0v) is 16.1. The van der Waals surface area contributed by atoms with Gasteiger partial charge >= 0.3 is 6.03 Å². The number of benzene rings is 3. The number of fused-ring (bicyclic) bond motifs is 1. The van der Waals surface area contributed by atoms with E-state index in [9.17, 15) is 9.59 Å². The second-order valence-electron chi connectivity index (χ2n) is 6.76. The summed E-state index contributed by atoms with van der Waals surface area (Å²) in [5, 5.41) is 6.20. The van der Waals surface area contributed by atoms with Crippen LogP contribution in [0.3, 0.4) is 0 Å². The van der Waals surface area contributed by atoms with E-state index < -0.39 is 0 Å². The highest BCUT2D eigenvalue weighted by Gasteiger charge is 2.11. The van der Waals surface area contributed by atoms with E-state index in [1.165, 1.54) is 0 Å². The molecule has 144 valence electrons. The zero-order valence-electron chi connectivity index (χ0n) is 16.1. The summed E-state index contributed by atoms with van der Waals surface area (Å²) in [7, 11) is 0. The van der Waals surface area contributed by atoms with Crippen LogP contribution >= 0.6 is 0 Å². The highest BCUT2D eigenvalue weighted by atomic mass is 16.2. The zero-order chi connectivity index (χ0) is 20.4. The molecule has 6 nitrogen and oxygen atoms in total. The maximum atomic E-state index is 13.0. The fourth-order valence-corrected chi connectivity index (χ4v) is 3.28. The van der Waals surface area contributed by atoms with Gasteiger partial charge < -0.3 is 10.6 Å². The van der Waals surface area contributed by atoms with Crippen LogP contribution in [-0.4, -0.2) is 15.6 Å². The van der Waals surface area contributed by atoms with E-state index in [4.69, 9.17) is 0 Å². The Morgan fingerprint density at radius 1 is 0.897 bits per heavy atom. The Morgan fingerprint density at radius 2 is 1.62 bits per heavy atom.